The summed E-state index contributed by atoms with van der Waals surface area (Å²) in [5.41, 5.74) is 2.86. The van der Waals surface area contributed by atoms with Crippen LogP contribution in [0.2, 0.25) is 0 Å². The number of carbonyl (C=O) groups excluding carboxylic acids is 1. The maximum absolute atomic E-state index is 12.8. The zero-order valence-electron chi connectivity index (χ0n) is 20.1. The predicted octanol–water partition coefficient (Wildman–Crippen LogP) is 6.18. The molecule has 0 bridgehead atoms. The lowest BCUT2D eigenvalue weighted by molar-refractivity contribution is -0.264. The van der Waals surface area contributed by atoms with E-state index in [9.17, 15) is 10.1 Å². The smallest absolute Gasteiger partial charge is 0.350 e. The summed E-state index contributed by atoms with van der Waals surface area (Å²) >= 11 is 2.78. The first kappa shape index (κ1) is 24.4. The van der Waals surface area contributed by atoms with Gasteiger partial charge in [-0.3, -0.25) is 0 Å². The number of benzene rings is 2. The number of nitrogens with zero attached hydrogens (tertiary/aromatic N) is 2. The molecular weight excluding hydrogens is 496 g/mol. The summed E-state index contributed by atoms with van der Waals surface area (Å²) < 4.78 is 23.4. The van der Waals surface area contributed by atoms with E-state index in [2.05, 4.69) is 11.1 Å². The number of nitriles is 1. The molecule has 1 saturated heterocycles. The van der Waals surface area contributed by atoms with Gasteiger partial charge in [0, 0.05) is 5.56 Å². The van der Waals surface area contributed by atoms with Crippen molar-refractivity contribution in [3.63, 3.8) is 0 Å². The molecule has 0 spiro atoms. The number of esters is 1. The summed E-state index contributed by atoms with van der Waals surface area (Å²) in [5.74, 6) is -0.540. The van der Waals surface area contributed by atoms with Crippen LogP contribution in [0.15, 0.2) is 42.5 Å². The van der Waals surface area contributed by atoms with E-state index in [-0.39, 0.29) is 6.61 Å². The average molecular weight is 521 g/mol. The van der Waals surface area contributed by atoms with Crippen molar-refractivity contribution in [1.82, 2.24) is 4.98 Å². The van der Waals surface area contributed by atoms with Gasteiger partial charge in [0.05, 0.1) is 41.2 Å². The minimum absolute atomic E-state index is 0.162. The summed E-state index contributed by atoms with van der Waals surface area (Å²) in [4.78, 5) is 18.8. The van der Waals surface area contributed by atoms with Crippen molar-refractivity contribution >= 4 is 38.7 Å². The molecule has 0 atom stereocenters. The highest BCUT2D eigenvalue weighted by Gasteiger charge is 2.32. The highest BCUT2D eigenvalue weighted by Crippen LogP contribution is 2.41. The minimum Gasteiger partial charge on any atom is -0.497 e. The zero-order valence-corrected chi connectivity index (χ0v) is 21.8. The molecule has 4 aromatic rings. The quantitative estimate of drug-likeness (QED) is 0.280. The molecule has 0 saturated carbocycles. The Morgan fingerprint density at radius 1 is 1.17 bits per heavy atom. The second kappa shape index (κ2) is 9.99. The number of hydrogen-bond acceptors (Lipinski definition) is 9. The van der Waals surface area contributed by atoms with Gasteiger partial charge in [-0.25, -0.2) is 9.78 Å². The highest BCUT2D eigenvalue weighted by molar-refractivity contribution is 7.26. The standard InChI is InChI=1S/C27H24N2O5S2/c1-16-23(26(30)32-15-17-5-7-21(31-3)8-6-17)36-25(29-16)22-13-18-11-20(12-19(14-28)24(18)35-22)27(2)33-9-4-10-34-27/h5-8,11-13H,4,9-10,15H2,1-3H3. The van der Waals surface area contributed by atoms with Crippen molar-refractivity contribution in [3.8, 4) is 21.7 Å². The molecule has 7 nitrogen and oxygen atoms in total. The van der Waals surface area contributed by atoms with Crippen LogP contribution in [0.25, 0.3) is 20.0 Å². The Hall–Kier alpha value is -3.29. The summed E-state index contributed by atoms with van der Waals surface area (Å²) in [6.07, 6.45) is 0.847. The fourth-order valence-corrected chi connectivity index (χ4v) is 6.14. The van der Waals surface area contributed by atoms with Crippen LogP contribution in [-0.4, -0.2) is 31.3 Å². The third-order valence-electron chi connectivity index (χ3n) is 6.03. The zero-order chi connectivity index (χ0) is 25.3. The molecule has 2 aromatic heterocycles. The molecule has 1 aliphatic rings. The van der Waals surface area contributed by atoms with Crippen LogP contribution in [0.1, 0.15) is 45.4 Å². The van der Waals surface area contributed by atoms with E-state index < -0.39 is 11.8 Å². The monoisotopic (exact) mass is 520 g/mol. The van der Waals surface area contributed by atoms with Gasteiger partial charge in [0.25, 0.3) is 0 Å². The maximum Gasteiger partial charge on any atom is 0.350 e. The maximum atomic E-state index is 12.8. The average Bonchev–Trinajstić information content (AvgIpc) is 3.51. The lowest BCUT2D eigenvalue weighted by Crippen LogP contribution is -2.34. The number of aryl methyl sites for hydroxylation is 1. The molecule has 184 valence electrons. The Morgan fingerprint density at radius 3 is 2.61 bits per heavy atom. The van der Waals surface area contributed by atoms with Crippen LogP contribution in [-0.2, 0) is 26.6 Å². The van der Waals surface area contributed by atoms with Gasteiger partial charge in [-0.1, -0.05) is 12.1 Å². The lowest BCUT2D eigenvalue weighted by atomic mass is 10.0. The Balaban J connectivity index is 1.40. The van der Waals surface area contributed by atoms with Gasteiger partial charge in [0.15, 0.2) is 5.79 Å². The van der Waals surface area contributed by atoms with Crippen LogP contribution in [0.5, 0.6) is 5.75 Å². The molecule has 2 aromatic carbocycles. The van der Waals surface area contributed by atoms with Crippen molar-refractivity contribution in [2.45, 2.75) is 32.7 Å². The van der Waals surface area contributed by atoms with Gasteiger partial charge < -0.3 is 18.9 Å². The third kappa shape index (κ3) is 4.73. The number of carbonyl (C=O) groups is 1. The number of fused-ring (bicyclic) bond motifs is 1. The first-order valence-corrected chi connectivity index (χ1v) is 13.1. The SMILES string of the molecule is COc1ccc(COC(=O)c2sc(-c3cc4cc(C5(C)OCCCO5)cc(C#N)c4s3)nc2C)cc1. The molecule has 3 heterocycles. The molecule has 9 heteroatoms. The van der Waals surface area contributed by atoms with Gasteiger partial charge in [0.1, 0.15) is 28.3 Å². The Bertz CT molecular complexity index is 1460. The minimum atomic E-state index is -0.876. The first-order valence-electron chi connectivity index (χ1n) is 11.4. The molecular formula is C27H24N2O5S2. The summed E-state index contributed by atoms with van der Waals surface area (Å²) in [5, 5.41) is 11.5. The van der Waals surface area contributed by atoms with Gasteiger partial charge in [0.2, 0.25) is 0 Å². The summed E-state index contributed by atoms with van der Waals surface area (Å²) in [6.45, 7) is 5.07. The molecule has 0 unspecified atom stereocenters. The van der Waals surface area contributed by atoms with E-state index in [4.69, 9.17) is 18.9 Å². The fraction of sp³-hybridized carbons (Fsp3) is 0.296. The first-order chi connectivity index (χ1) is 17.4. The molecule has 1 aliphatic heterocycles. The number of aromatic nitrogens is 1. The molecule has 5 rings (SSSR count). The summed E-state index contributed by atoms with van der Waals surface area (Å²) in [6, 6.07) is 15.5. The van der Waals surface area contributed by atoms with Gasteiger partial charge in [-0.15, -0.1) is 22.7 Å². The van der Waals surface area contributed by atoms with E-state index in [1.807, 2.05) is 49.4 Å². The molecule has 0 radical (unpaired) electrons. The lowest BCUT2D eigenvalue weighted by Gasteiger charge is -2.34. The highest BCUT2D eigenvalue weighted by atomic mass is 32.1. The number of hydrogen-bond donors (Lipinski definition) is 0. The van der Waals surface area contributed by atoms with E-state index in [1.165, 1.54) is 22.7 Å². The van der Waals surface area contributed by atoms with Crippen molar-refractivity contribution in [2.75, 3.05) is 20.3 Å². The molecule has 0 N–H and O–H groups in total. The van der Waals surface area contributed by atoms with Crippen molar-refractivity contribution in [2.24, 2.45) is 0 Å². The molecule has 0 aliphatic carbocycles. The fourth-order valence-electron chi connectivity index (χ4n) is 4.03. The van der Waals surface area contributed by atoms with Gasteiger partial charge >= 0.3 is 5.97 Å². The summed E-state index contributed by atoms with van der Waals surface area (Å²) in [7, 11) is 1.61. The number of rotatable bonds is 6. The van der Waals surface area contributed by atoms with Crippen LogP contribution < -0.4 is 4.74 Å². The normalized spacial score (nSPS) is 14.9. The van der Waals surface area contributed by atoms with E-state index in [1.54, 1.807) is 14.0 Å². The van der Waals surface area contributed by atoms with E-state index in [0.717, 1.165) is 38.3 Å². The number of thiazole rings is 1. The Labute approximate surface area is 216 Å². The largest absolute Gasteiger partial charge is 0.497 e. The third-order valence-corrected chi connectivity index (χ3v) is 8.52. The van der Waals surface area contributed by atoms with Crippen LogP contribution in [0, 0.1) is 18.3 Å². The van der Waals surface area contributed by atoms with Crippen LogP contribution >= 0.6 is 22.7 Å². The number of ether oxygens (including phenoxy) is 4. The van der Waals surface area contributed by atoms with Crippen molar-refractivity contribution in [1.29, 1.82) is 5.26 Å². The van der Waals surface area contributed by atoms with Crippen molar-refractivity contribution in [3.05, 3.63) is 69.7 Å². The van der Waals surface area contributed by atoms with E-state index >= 15 is 0 Å². The van der Waals surface area contributed by atoms with Gasteiger partial charge in [-0.05, 0) is 61.5 Å². The van der Waals surface area contributed by atoms with E-state index in [0.29, 0.717) is 34.4 Å². The number of thiophene rings is 1. The Morgan fingerprint density at radius 2 is 1.92 bits per heavy atom. The second-order valence-electron chi connectivity index (χ2n) is 8.52. The van der Waals surface area contributed by atoms with Crippen LogP contribution in [0.3, 0.4) is 0 Å². The predicted molar refractivity (Wildman–Crippen MR) is 138 cm³/mol. The van der Waals surface area contributed by atoms with Crippen LogP contribution in [0.4, 0.5) is 0 Å². The number of methoxy groups -OCH3 is 1. The molecule has 36 heavy (non-hydrogen) atoms. The second-order valence-corrected chi connectivity index (χ2v) is 10.6. The van der Waals surface area contributed by atoms with Gasteiger partial charge in [-0.2, -0.15) is 5.26 Å². The molecule has 1 fully saturated rings. The Kier molecular flexibility index (Phi) is 6.77. The topological polar surface area (TPSA) is 90.7 Å². The van der Waals surface area contributed by atoms with Crippen molar-refractivity contribution < 1.29 is 23.7 Å². The molecule has 0 amide bonds.